The molecule has 1 aliphatic heterocycles. The summed E-state index contributed by atoms with van der Waals surface area (Å²) in [6.45, 7) is 11.0. The van der Waals surface area contributed by atoms with Gasteiger partial charge in [-0.25, -0.2) is 4.79 Å². The molecule has 3 amide bonds. The van der Waals surface area contributed by atoms with E-state index >= 15 is 0 Å². The number of fused-ring (bicyclic) bond motifs is 1. The van der Waals surface area contributed by atoms with Gasteiger partial charge in [0.15, 0.2) is 0 Å². The fourth-order valence-electron chi connectivity index (χ4n) is 5.94. The normalized spacial score (nSPS) is 13.2. The van der Waals surface area contributed by atoms with Gasteiger partial charge in [-0.05, 0) is 137 Å². The Kier molecular flexibility index (Phi) is 9.08. The number of nitrogens with one attached hydrogen (secondary N) is 3. The smallest absolute Gasteiger partial charge is 0.319 e. The topological polar surface area (TPSA) is 87.6 Å². The number of carbonyl (C=O) groups is 2. The number of ether oxygens (including phenoxy) is 1. The molecule has 46 heavy (non-hydrogen) atoms. The molecule has 2 heterocycles. The van der Waals surface area contributed by atoms with E-state index in [1.807, 2.05) is 88.4 Å². The molecule has 236 valence electrons. The lowest BCUT2D eigenvalue weighted by molar-refractivity contribution is 0.102. The largest absolute Gasteiger partial charge is 0.457 e. The molecule has 1 fully saturated rings. The van der Waals surface area contributed by atoms with Crippen molar-refractivity contribution in [1.82, 2.24) is 14.8 Å². The second-order valence-electron chi connectivity index (χ2n) is 12.3. The Hall–Kier alpha value is -5.08. The Morgan fingerprint density at radius 3 is 2.28 bits per heavy atom. The summed E-state index contributed by atoms with van der Waals surface area (Å²) in [6.07, 6.45) is 4.78. The summed E-state index contributed by atoms with van der Waals surface area (Å²) in [5, 5.41) is 9.99. The molecule has 0 spiro atoms. The van der Waals surface area contributed by atoms with Crippen LogP contribution < -0.4 is 20.7 Å². The van der Waals surface area contributed by atoms with Crippen molar-refractivity contribution >= 4 is 34.2 Å². The summed E-state index contributed by atoms with van der Waals surface area (Å²) in [5.74, 6) is 1.16. The summed E-state index contributed by atoms with van der Waals surface area (Å²) >= 11 is 0. The third kappa shape index (κ3) is 7.08. The molecule has 1 saturated heterocycles. The highest BCUT2D eigenvalue weighted by Crippen LogP contribution is 2.31. The number of anilines is 2. The van der Waals surface area contributed by atoms with Gasteiger partial charge in [0.25, 0.3) is 5.91 Å². The summed E-state index contributed by atoms with van der Waals surface area (Å²) in [6, 6.07) is 27.2. The van der Waals surface area contributed by atoms with Crippen molar-refractivity contribution in [2.75, 3.05) is 23.7 Å². The first-order chi connectivity index (χ1) is 22.2. The van der Waals surface area contributed by atoms with Crippen molar-refractivity contribution in [3.63, 3.8) is 0 Å². The molecule has 0 atom stereocenters. The van der Waals surface area contributed by atoms with E-state index in [0.717, 1.165) is 42.1 Å². The highest BCUT2D eigenvalue weighted by atomic mass is 16.5. The Labute approximate surface area is 270 Å². The van der Waals surface area contributed by atoms with Crippen LogP contribution in [0.3, 0.4) is 0 Å². The van der Waals surface area contributed by atoms with Crippen molar-refractivity contribution in [1.29, 1.82) is 0 Å². The number of aryl methyl sites for hydroxylation is 2. The maximum atomic E-state index is 13.1. The van der Waals surface area contributed by atoms with Crippen molar-refractivity contribution in [2.45, 2.75) is 53.1 Å². The summed E-state index contributed by atoms with van der Waals surface area (Å²) in [4.78, 5) is 27.8. The first-order valence-electron chi connectivity index (χ1n) is 15.9. The van der Waals surface area contributed by atoms with Gasteiger partial charge in [-0.1, -0.05) is 18.2 Å². The predicted molar refractivity (Wildman–Crippen MR) is 185 cm³/mol. The number of aromatic nitrogens is 1. The summed E-state index contributed by atoms with van der Waals surface area (Å²) in [5.41, 5.74) is 7.30. The van der Waals surface area contributed by atoms with Gasteiger partial charge in [0, 0.05) is 46.8 Å². The fraction of sp³-hybridized carbons (Fsp3) is 0.263. The molecule has 5 aromatic rings. The average Bonchev–Trinajstić information content (AvgIpc) is 3.69. The Bertz CT molecular complexity index is 1850. The van der Waals surface area contributed by atoms with E-state index in [1.54, 1.807) is 0 Å². The molecule has 3 N–H and O–H groups in total. The number of hydrogen-bond donors (Lipinski definition) is 3. The number of hydrogen-bond acceptors (Lipinski definition) is 4. The first-order valence-corrected chi connectivity index (χ1v) is 15.9. The molecule has 1 aliphatic rings. The minimum Gasteiger partial charge on any atom is -0.457 e. The molecule has 1 aromatic heterocycles. The molecule has 0 aliphatic carbocycles. The number of para-hydroxylation sites is 1. The maximum absolute atomic E-state index is 13.1. The Morgan fingerprint density at radius 1 is 0.848 bits per heavy atom. The van der Waals surface area contributed by atoms with Crippen molar-refractivity contribution in [2.24, 2.45) is 0 Å². The van der Waals surface area contributed by atoms with Crippen LogP contribution in [0.4, 0.5) is 16.2 Å². The van der Waals surface area contributed by atoms with Gasteiger partial charge in [0.1, 0.15) is 11.5 Å². The van der Waals surface area contributed by atoms with Crippen molar-refractivity contribution in [3.8, 4) is 17.2 Å². The lowest BCUT2D eigenvalue weighted by atomic mass is 10.1. The molecule has 4 aromatic carbocycles. The number of rotatable bonds is 9. The van der Waals surface area contributed by atoms with Gasteiger partial charge in [0.2, 0.25) is 0 Å². The van der Waals surface area contributed by atoms with E-state index in [1.165, 1.54) is 29.3 Å². The van der Waals surface area contributed by atoms with Gasteiger partial charge >= 0.3 is 6.03 Å². The second-order valence-corrected chi connectivity index (χ2v) is 12.3. The molecule has 0 radical (unpaired) electrons. The van der Waals surface area contributed by atoms with Crippen molar-refractivity contribution < 1.29 is 14.3 Å². The molecular formula is C38H41N5O3. The Morgan fingerprint density at radius 2 is 1.57 bits per heavy atom. The minimum atomic E-state index is -0.240. The van der Waals surface area contributed by atoms with Gasteiger partial charge in [-0.2, -0.15) is 0 Å². The van der Waals surface area contributed by atoms with Gasteiger partial charge in [-0.15, -0.1) is 0 Å². The van der Waals surface area contributed by atoms with Gasteiger partial charge in [0.05, 0.1) is 5.52 Å². The second kappa shape index (κ2) is 13.5. The number of likely N-dealkylation sites (tertiary alicyclic amines) is 1. The van der Waals surface area contributed by atoms with Crippen LogP contribution in [0, 0.1) is 13.8 Å². The predicted octanol–water partition coefficient (Wildman–Crippen LogP) is 8.42. The molecule has 0 bridgehead atoms. The van der Waals surface area contributed by atoms with Gasteiger partial charge < -0.3 is 25.3 Å². The number of amides is 3. The van der Waals surface area contributed by atoms with Crippen LogP contribution in [0.5, 0.6) is 11.5 Å². The third-order valence-electron chi connectivity index (χ3n) is 8.32. The summed E-state index contributed by atoms with van der Waals surface area (Å²) < 4.78 is 8.36. The van der Waals surface area contributed by atoms with E-state index in [4.69, 9.17) is 4.74 Å². The van der Waals surface area contributed by atoms with Crippen LogP contribution in [-0.2, 0) is 6.54 Å². The van der Waals surface area contributed by atoms with E-state index in [-0.39, 0.29) is 18.0 Å². The number of nitrogens with zero attached hydrogens (tertiary/aromatic N) is 2. The van der Waals surface area contributed by atoms with E-state index < -0.39 is 0 Å². The standard InChI is InChI=1S/C38H41N5O3/c1-25(2)39-38(45)41-34-21-27(4)36(22-26(34)3)46-32-17-13-30(14-18-32)40-37(44)28-11-15-31(16-12-28)43-24-29(23-42-19-7-8-20-42)33-9-5-6-10-35(33)43/h5-6,9-18,21-22,24-25H,7-8,19-20,23H2,1-4H3,(H,40,44)(H2,39,41,45). The first kappa shape index (κ1) is 30.9. The zero-order valence-electron chi connectivity index (χ0n) is 26.9. The van der Waals surface area contributed by atoms with Crippen LogP contribution >= 0.6 is 0 Å². The molecule has 8 nitrogen and oxygen atoms in total. The fourth-order valence-corrected chi connectivity index (χ4v) is 5.94. The van der Waals surface area contributed by atoms with E-state index in [0.29, 0.717) is 22.7 Å². The quantitative estimate of drug-likeness (QED) is 0.155. The van der Waals surface area contributed by atoms with Gasteiger partial charge in [-0.3, -0.25) is 9.69 Å². The number of carbonyl (C=O) groups excluding carboxylic acids is 2. The molecule has 0 unspecified atom stereocenters. The minimum absolute atomic E-state index is 0.0477. The Balaban J connectivity index is 1.10. The number of benzene rings is 4. The van der Waals surface area contributed by atoms with Crippen LogP contribution in [0.15, 0.2) is 91.1 Å². The SMILES string of the molecule is Cc1cc(Oc2ccc(NC(=O)c3ccc(-n4cc(CN5CCCC5)c5ccccc54)cc3)cc2)c(C)cc1NC(=O)NC(C)C. The highest BCUT2D eigenvalue weighted by Gasteiger charge is 2.17. The van der Waals surface area contributed by atoms with Crippen molar-refractivity contribution in [3.05, 3.63) is 113 Å². The zero-order chi connectivity index (χ0) is 32.2. The van der Waals surface area contributed by atoms with E-state index in [9.17, 15) is 9.59 Å². The lowest BCUT2D eigenvalue weighted by Crippen LogP contribution is -2.34. The molecule has 0 saturated carbocycles. The highest BCUT2D eigenvalue weighted by molar-refractivity contribution is 6.04. The molecule has 8 heteroatoms. The maximum Gasteiger partial charge on any atom is 0.319 e. The van der Waals surface area contributed by atoms with Crippen LogP contribution in [0.2, 0.25) is 0 Å². The zero-order valence-corrected chi connectivity index (χ0v) is 26.9. The number of urea groups is 1. The van der Waals surface area contributed by atoms with Crippen LogP contribution in [0.1, 0.15) is 53.7 Å². The van der Waals surface area contributed by atoms with E-state index in [2.05, 4.69) is 55.9 Å². The molecular weight excluding hydrogens is 574 g/mol. The lowest BCUT2D eigenvalue weighted by Gasteiger charge is -2.15. The average molecular weight is 616 g/mol. The molecule has 6 rings (SSSR count). The summed E-state index contributed by atoms with van der Waals surface area (Å²) in [7, 11) is 0. The van der Waals surface area contributed by atoms with Crippen LogP contribution in [-0.4, -0.2) is 40.5 Å². The third-order valence-corrected chi connectivity index (χ3v) is 8.32. The van der Waals surface area contributed by atoms with Crippen LogP contribution in [0.25, 0.3) is 16.6 Å². The monoisotopic (exact) mass is 615 g/mol.